The molecule has 1 unspecified atom stereocenters. The van der Waals surface area contributed by atoms with E-state index < -0.39 is 0 Å². The summed E-state index contributed by atoms with van der Waals surface area (Å²) >= 11 is 0. The monoisotopic (exact) mass is 262 g/mol. The minimum atomic E-state index is 0.0290. The number of amides is 1. The van der Waals surface area contributed by atoms with E-state index in [1.54, 1.807) is 0 Å². The van der Waals surface area contributed by atoms with Gasteiger partial charge in [0.05, 0.1) is 6.54 Å². The number of rotatable bonds is 5. The Morgan fingerprint density at radius 3 is 3.00 bits per heavy atom. The van der Waals surface area contributed by atoms with Crippen molar-refractivity contribution >= 4 is 5.91 Å². The lowest BCUT2D eigenvalue weighted by Crippen LogP contribution is -2.40. The second kappa shape index (κ2) is 6.06. The van der Waals surface area contributed by atoms with Crippen molar-refractivity contribution in [2.75, 3.05) is 13.1 Å². The third-order valence-corrected chi connectivity index (χ3v) is 3.06. The van der Waals surface area contributed by atoms with Gasteiger partial charge in [0, 0.05) is 19.0 Å². The van der Waals surface area contributed by atoms with Crippen LogP contribution in [0, 0.1) is 6.92 Å². The van der Waals surface area contributed by atoms with E-state index in [-0.39, 0.29) is 18.1 Å². The quantitative estimate of drug-likeness (QED) is 0.843. The summed E-state index contributed by atoms with van der Waals surface area (Å²) in [6.07, 6.45) is 1.04. The number of benzene rings is 1. The molecule has 0 fully saturated rings. The van der Waals surface area contributed by atoms with Gasteiger partial charge < -0.3 is 15.4 Å². The van der Waals surface area contributed by atoms with Gasteiger partial charge in [-0.15, -0.1) is 0 Å². The predicted octanol–water partition coefficient (Wildman–Crippen LogP) is 1.41. The van der Waals surface area contributed by atoms with Crippen LogP contribution in [0.25, 0.3) is 0 Å². The number of aryl methyl sites for hydroxylation is 1. The first kappa shape index (κ1) is 13.9. The Hall–Kier alpha value is -1.55. The topological polar surface area (TPSA) is 50.4 Å². The highest BCUT2D eigenvalue weighted by molar-refractivity contribution is 5.78. The van der Waals surface area contributed by atoms with Crippen molar-refractivity contribution in [1.82, 2.24) is 10.6 Å². The van der Waals surface area contributed by atoms with Gasteiger partial charge in [-0.05, 0) is 32.4 Å². The molecule has 0 radical (unpaired) electrons. The third kappa shape index (κ3) is 3.96. The largest absolute Gasteiger partial charge is 0.488 e. The molecule has 0 bridgehead atoms. The highest BCUT2D eigenvalue weighted by Gasteiger charge is 2.22. The maximum Gasteiger partial charge on any atom is 0.234 e. The van der Waals surface area contributed by atoms with Crippen LogP contribution in [0.3, 0.4) is 0 Å². The highest BCUT2D eigenvalue weighted by Crippen LogP contribution is 2.29. The van der Waals surface area contributed by atoms with Crippen molar-refractivity contribution in [2.45, 2.75) is 39.3 Å². The molecule has 19 heavy (non-hydrogen) atoms. The van der Waals surface area contributed by atoms with E-state index in [4.69, 9.17) is 4.74 Å². The fraction of sp³-hybridized carbons (Fsp3) is 0.533. The van der Waals surface area contributed by atoms with Gasteiger partial charge in [0.25, 0.3) is 0 Å². The lowest BCUT2D eigenvalue weighted by atomic mass is 10.1. The van der Waals surface area contributed by atoms with Gasteiger partial charge in [-0.2, -0.15) is 0 Å². The molecule has 0 aromatic heterocycles. The number of carbonyl (C=O) groups is 1. The SMILES string of the molecule is Cc1ccc2c(c1)CC(CNCC(=O)NC(C)C)O2. The smallest absolute Gasteiger partial charge is 0.234 e. The molecule has 4 nitrogen and oxygen atoms in total. The van der Waals surface area contributed by atoms with Gasteiger partial charge in [-0.1, -0.05) is 17.7 Å². The van der Waals surface area contributed by atoms with Crippen molar-refractivity contribution in [3.63, 3.8) is 0 Å². The van der Waals surface area contributed by atoms with E-state index in [1.165, 1.54) is 11.1 Å². The Labute approximate surface area is 114 Å². The molecular formula is C15H22N2O2. The molecule has 4 heteroatoms. The average molecular weight is 262 g/mol. The molecule has 1 heterocycles. The molecule has 104 valence electrons. The summed E-state index contributed by atoms with van der Waals surface area (Å²) in [5, 5.41) is 6.00. The van der Waals surface area contributed by atoms with Crippen LogP contribution in [0.1, 0.15) is 25.0 Å². The number of nitrogens with one attached hydrogen (secondary N) is 2. The van der Waals surface area contributed by atoms with Gasteiger partial charge in [-0.3, -0.25) is 4.79 Å². The Morgan fingerprint density at radius 1 is 1.47 bits per heavy atom. The standard InChI is InChI=1S/C15H22N2O2/c1-10(2)17-15(18)9-16-8-13-7-12-6-11(3)4-5-14(12)19-13/h4-6,10,13,16H,7-9H2,1-3H3,(H,17,18). The van der Waals surface area contributed by atoms with E-state index in [0.29, 0.717) is 13.1 Å². The lowest BCUT2D eigenvalue weighted by Gasteiger charge is -2.13. The lowest BCUT2D eigenvalue weighted by molar-refractivity contribution is -0.120. The van der Waals surface area contributed by atoms with Crippen LogP contribution in [-0.4, -0.2) is 31.1 Å². The zero-order valence-corrected chi connectivity index (χ0v) is 11.8. The molecule has 1 aromatic carbocycles. The average Bonchev–Trinajstić information content (AvgIpc) is 2.69. The molecule has 0 spiro atoms. The summed E-state index contributed by atoms with van der Waals surface area (Å²) in [6.45, 7) is 7.03. The summed E-state index contributed by atoms with van der Waals surface area (Å²) in [6, 6.07) is 6.44. The van der Waals surface area contributed by atoms with Crippen LogP contribution in [0.4, 0.5) is 0 Å². The van der Waals surface area contributed by atoms with Crippen LogP contribution in [-0.2, 0) is 11.2 Å². The van der Waals surface area contributed by atoms with E-state index in [0.717, 1.165) is 12.2 Å². The molecule has 0 saturated heterocycles. The summed E-state index contributed by atoms with van der Waals surface area (Å²) in [5.74, 6) is 1.00. The van der Waals surface area contributed by atoms with E-state index >= 15 is 0 Å². The summed E-state index contributed by atoms with van der Waals surface area (Å²) in [7, 11) is 0. The number of hydrogen-bond donors (Lipinski definition) is 2. The van der Waals surface area contributed by atoms with Crippen LogP contribution < -0.4 is 15.4 Å². The molecule has 1 atom stereocenters. The van der Waals surface area contributed by atoms with Crippen LogP contribution in [0.5, 0.6) is 5.75 Å². The highest BCUT2D eigenvalue weighted by atomic mass is 16.5. The van der Waals surface area contributed by atoms with Gasteiger partial charge in [0.2, 0.25) is 5.91 Å². The second-order valence-corrected chi connectivity index (χ2v) is 5.41. The van der Waals surface area contributed by atoms with Crippen LogP contribution >= 0.6 is 0 Å². The van der Waals surface area contributed by atoms with E-state index in [9.17, 15) is 4.79 Å². The Morgan fingerprint density at radius 2 is 2.26 bits per heavy atom. The molecule has 1 aliphatic heterocycles. The number of hydrogen-bond acceptors (Lipinski definition) is 3. The van der Waals surface area contributed by atoms with Crippen molar-refractivity contribution < 1.29 is 9.53 Å². The minimum Gasteiger partial charge on any atom is -0.488 e. The van der Waals surface area contributed by atoms with Crippen molar-refractivity contribution in [3.05, 3.63) is 29.3 Å². The summed E-state index contributed by atoms with van der Waals surface area (Å²) < 4.78 is 5.83. The van der Waals surface area contributed by atoms with E-state index in [1.807, 2.05) is 19.9 Å². The number of fused-ring (bicyclic) bond motifs is 1. The zero-order valence-electron chi connectivity index (χ0n) is 11.8. The summed E-state index contributed by atoms with van der Waals surface area (Å²) in [4.78, 5) is 11.5. The van der Waals surface area contributed by atoms with Gasteiger partial charge in [0.15, 0.2) is 0 Å². The Balaban J connectivity index is 1.74. The van der Waals surface area contributed by atoms with Gasteiger partial charge in [-0.25, -0.2) is 0 Å². The fourth-order valence-electron chi connectivity index (χ4n) is 2.28. The van der Waals surface area contributed by atoms with Crippen molar-refractivity contribution in [2.24, 2.45) is 0 Å². The van der Waals surface area contributed by atoms with Crippen molar-refractivity contribution in [1.29, 1.82) is 0 Å². The molecule has 1 aliphatic rings. The Bertz CT molecular complexity index is 457. The molecule has 2 rings (SSSR count). The molecule has 1 amide bonds. The van der Waals surface area contributed by atoms with Crippen LogP contribution in [0.2, 0.25) is 0 Å². The minimum absolute atomic E-state index is 0.0290. The molecule has 1 aromatic rings. The first-order valence-corrected chi connectivity index (χ1v) is 6.81. The second-order valence-electron chi connectivity index (χ2n) is 5.41. The number of carbonyl (C=O) groups excluding carboxylic acids is 1. The van der Waals surface area contributed by atoms with Crippen LogP contribution in [0.15, 0.2) is 18.2 Å². The van der Waals surface area contributed by atoms with Crippen molar-refractivity contribution in [3.8, 4) is 5.75 Å². The Kier molecular flexibility index (Phi) is 4.43. The fourth-order valence-corrected chi connectivity index (χ4v) is 2.28. The maximum absolute atomic E-state index is 11.5. The van der Waals surface area contributed by atoms with Gasteiger partial charge >= 0.3 is 0 Å². The normalized spacial score (nSPS) is 17.2. The predicted molar refractivity (Wildman–Crippen MR) is 75.4 cm³/mol. The molecular weight excluding hydrogens is 240 g/mol. The molecule has 0 aliphatic carbocycles. The summed E-state index contributed by atoms with van der Waals surface area (Å²) in [5.41, 5.74) is 2.52. The first-order chi connectivity index (χ1) is 9.04. The number of ether oxygens (including phenoxy) is 1. The maximum atomic E-state index is 11.5. The zero-order chi connectivity index (χ0) is 13.8. The van der Waals surface area contributed by atoms with Gasteiger partial charge in [0.1, 0.15) is 11.9 Å². The first-order valence-electron chi connectivity index (χ1n) is 6.81. The molecule has 2 N–H and O–H groups in total. The molecule has 0 saturated carbocycles. The third-order valence-electron chi connectivity index (χ3n) is 3.06. The van der Waals surface area contributed by atoms with E-state index in [2.05, 4.69) is 29.7 Å².